The van der Waals surface area contributed by atoms with Gasteiger partial charge in [-0.2, -0.15) is 0 Å². The topological polar surface area (TPSA) is 63.5 Å². The molecular weight excluding hydrogens is 316 g/mol. The molecule has 1 aromatic heterocycles. The number of hydrogen-bond donors (Lipinski definition) is 2. The highest BCUT2D eigenvalue weighted by atomic mass is 16.5. The molecule has 4 atom stereocenters. The molecule has 5 heteroatoms. The first kappa shape index (κ1) is 16.2. The third-order valence-corrected chi connectivity index (χ3v) is 5.62. The van der Waals surface area contributed by atoms with Crippen LogP contribution in [0.15, 0.2) is 53.1 Å². The lowest BCUT2D eigenvalue weighted by atomic mass is 9.57. The summed E-state index contributed by atoms with van der Waals surface area (Å²) in [6.45, 7) is 5.11. The lowest BCUT2D eigenvalue weighted by molar-refractivity contribution is -0.108. The number of rotatable bonds is 4. The molecule has 0 spiro atoms. The highest BCUT2D eigenvalue weighted by molar-refractivity contribution is 5.75. The standard InChI is InChI=1S/C20H24N2O3/c1-20(2)17(14-10-12-25-18(14)20)22-19(23)21-16(15-9-6-11-24-15)13-7-4-3-5-8-13/h3-9,11,14,16-18H,10,12H2,1-2H3,(H2,21,22,23)/t14-,16-,17-,18-/m1/s1. The van der Waals surface area contributed by atoms with Crippen molar-refractivity contribution >= 4 is 6.03 Å². The Balaban J connectivity index is 1.48. The molecule has 2 aliphatic rings. The average Bonchev–Trinajstić information content (AvgIpc) is 3.29. The Labute approximate surface area is 147 Å². The van der Waals surface area contributed by atoms with Gasteiger partial charge in [0.15, 0.2) is 0 Å². The van der Waals surface area contributed by atoms with E-state index < -0.39 is 0 Å². The highest BCUT2D eigenvalue weighted by Gasteiger charge is 2.59. The van der Waals surface area contributed by atoms with Crippen molar-refractivity contribution in [3.05, 3.63) is 60.1 Å². The van der Waals surface area contributed by atoms with Crippen LogP contribution in [0.5, 0.6) is 0 Å². The van der Waals surface area contributed by atoms with E-state index in [-0.39, 0.29) is 29.6 Å². The van der Waals surface area contributed by atoms with Gasteiger partial charge in [0.1, 0.15) is 11.8 Å². The van der Waals surface area contributed by atoms with Crippen LogP contribution in [0.4, 0.5) is 4.79 Å². The lowest BCUT2D eigenvalue weighted by Gasteiger charge is -2.54. The number of urea groups is 1. The Morgan fingerprint density at radius 3 is 2.72 bits per heavy atom. The maximum Gasteiger partial charge on any atom is 0.315 e. The monoisotopic (exact) mass is 340 g/mol. The van der Waals surface area contributed by atoms with E-state index in [1.165, 1.54) is 0 Å². The molecule has 1 saturated heterocycles. The van der Waals surface area contributed by atoms with Crippen molar-refractivity contribution in [2.24, 2.45) is 11.3 Å². The van der Waals surface area contributed by atoms with E-state index in [1.807, 2.05) is 42.5 Å². The van der Waals surface area contributed by atoms with Crippen LogP contribution in [0.2, 0.25) is 0 Å². The fourth-order valence-electron chi connectivity index (χ4n) is 4.35. The molecule has 2 aromatic rings. The Morgan fingerprint density at radius 1 is 1.20 bits per heavy atom. The van der Waals surface area contributed by atoms with Gasteiger partial charge in [-0.15, -0.1) is 0 Å². The van der Waals surface area contributed by atoms with Crippen LogP contribution in [0.3, 0.4) is 0 Å². The summed E-state index contributed by atoms with van der Waals surface area (Å²) in [7, 11) is 0. The largest absolute Gasteiger partial charge is 0.467 e. The van der Waals surface area contributed by atoms with Gasteiger partial charge >= 0.3 is 6.03 Å². The van der Waals surface area contributed by atoms with Gasteiger partial charge in [0, 0.05) is 24.0 Å². The number of carbonyl (C=O) groups excluding carboxylic acids is 1. The molecular formula is C20H24N2O3. The maximum absolute atomic E-state index is 12.7. The Bertz CT molecular complexity index is 727. The lowest BCUT2D eigenvalue weighted by Crippen LogP contribution is -2.67. The summed E-state index contributed by atoms with van der Waals surface area (Å²) in [5.74, 6) is 1.14. The first-order valence-corrected chi connectivity index (χ1v) is 8.84. The minimum Gasteiger partial charge on any atom is -0.467 e. The third kappa shape index (κ3) is 2.82. The fourth-order valence-corrected chi connectivity index (χ4v) is 4.35. The molecule has 1 aliphatic heterocycles. The first-order valence-electron chi connectivity index (χ1n) is 8.84. The van der Waals surface area contributed by atoms with Gasteiger partial charge in [0.25, 0.3) is 0 Å². The van der Waals surface area contributed by atoms with E-state index in [9.17, 15) is 4.79 Å². The first-order chi connectivity index (χ1) is 12.1. The molecule has 2 N–H and O–H groups in total. The summed E-state index contributed by atoms with van der Waals surface area (Å²) in [4.78, 5) is 12.7. The van der Waals surface area contributed by atoms with Crippen LogP contribution in [-0.2, 0) is 4.74 Å². The maximum atomic E-state index is 12.7. The van der Waals surface area contributed by atoms with Gasteiger partial charge in [-0.25, -0.2) is 4.79 Å². The molecule has 0 radical (unpaired) electrons. The van der Waals surface area contributed by atoms with Gasteiger partial charge in [-0.3, -0.25) is 0 Å². The number of benzene rings is 1. The highest BCUT2D eigenvalue weighted by Crippen LogP contribution is 2.52. The van der Waals surface area contributed by atoms with Crippen LogP contribution in [0, 0.1) is 11.3 Å². The van der Waals surface area contributed by atoms with Crippen LogP contribution < -0.4 is 10.6 Å². The zero-order valence-corrected chi connectivity index (χ0v) is 14.6. The minimum atomic E-state index is -0.310. The van der Waals surface area contributed by atoms with Crippen molar-refractivity contribution in [1.29, 1.82) is 0 Å². The molecule has 2 amide bonds. The van der Waals surface area contributed by atoms with E-state index >= 15 is 0 Å². The predicted molar refractivity (Wildman–Crippen MR) is 94.1 cm³/mol. The van der Waals surface area contributed by atoms with Gasteiger partial charge in [0.2, 0.25) is 0 Å². The second kappa shape index (κ2) is 6.23. The van der Waals surface area contributed by atoms with Crippen LogP contribution in [0.1, 0.15) is 37.6 Å². The Kier molecular flexibility index (Phi) is 4.04. The number of ether oxygens (including phenoxy) is 1. The van der Waals surface area contributed by atoms with Crippen molar-refractivity contribution in [1.82, 2.24) is 10.6 Å². The van der Waals surface area contributed by atoms with Gasteiger partial charge in [-0.05, 0) is 24.1 Å². The number of nitrogens with one attached hydrogen (secondary N) is 2. The SMILES string of the molecule is CC1(C)[C@H](NC(=O)N[C@H](c2ccccc2)c2ccco2)[C@H]2CCO[C@H]21. The van der Waals surface area contributed by atoms with E-state index in [4.69, 9.17) is 9.15 Å². The smallest absolute Gasteiger partial charge is 0.315 e. The van der Waals surface area contributed by atoms with Crippen molar-refractivity contribution in [2.75, 3.05) is 6.61 Å². The average molecular weight is 340 g/mol. The quantitative estimate of drug-likeness (QED) is 0.896. The summed E-state index contributed by atoms with van der Waals surface area (Å²) >= 11 is 0. The minimum absolute atomic E-state index is 0.0363. The number of hydrogen-bond acceptors (Lipinski definition) is 3. The second-order valence-corrected chi connectivity index (χ2v) is 7.52. The van der Waals surface area contributed by atoms with Crippen LogP contribution in [0.25, 0.3) is 0 Å². The van der Waals surface area contributed by atoms with Crippen LogP contribution in [-0.4, -0.2) is 24.8 Å². The molecule has 5 nitrogen and oxygen atoms in total. The fraction of sp³-hybridized carbons (Fsp3) is 0.450. The van der Waals surface area contributed by atoms with Crippen molar-refractivity contribution in [3.8, 4) is 0 Å². The van der Waals surface area contributed by atoms with E-state index in [1.54, 1.807) is 6.26 Å². The summed E-state index contributed by atoms with van der Waals surface area (Å²) in [5.41, 5.74) is 0.952. The summed E-state index contributed by atoms with van der Waals surface area (Å²) in [6.07, 6.45) is 2.90. The molecule has 1 aromatic carbocycles. The number of carbonyl (C=O) groups is 1. The molecule has 4 rings (SSSR count). The number of amides is 2. The molecule has 1 aliphatic carbocycles. The van der Waals surface area contributed by atoms with Crippen molar-refractivity contribution in [2.45, 2.75) is 38.5 Å². The molecule has 1 saturated carbocycles. The van der Waals surface area contributed by atoms with E-state index in [0.717, 1.165) is 24.4 Å². The third-order valence-electron chi connectivity index (χ3n) is 5.62. The van der Waals surface area contributed by atoms with E-state index in [0.29, 0.717) is 5.92 Å². The normalized spacial score (nSPS) is 27.8. The van der Waals surface area contributed by atoms with Gasteiger partial charge in [0.05, 0.1) is 12.4 Å². The molecule has 2 fully saturated rings. The van der Waals surface area contributed by atoms with Gasteiger partial charge < -0.3 is 19.8 Å². The molecule has 132 valence electrons. The Hall–Kier alpha value is -2.27. The zero-order valence-electron chi connectivity index (χ0n) is 14.6. The van der Waals surface area contributed by atoms with Crippen LogP contribution >= 0.6 is 0 Å². The molecule has 0 unspecified atom stereocenters. The van der Waals surface area contributed by atoms with Crippen molar-refractivity contribution in [3.63, 3.8) is 0 Å². The summed E-state index contributed by atoms with van der Waals surface area (Å²) in [6, 6.07) is 13.2. The zero-order chi connectivity index (χ0) is 17.4. The molecule has 2 heterocycles. The Morgan fingerprint density at radius 2 is 2.00 bits per heavy atom. The second-order valence-electron chi connectivity index (χ2n) is 7.52. The summed E-state index contributed by atoms with van der Waals surface area (Å²) < 4.78 is 11.3. The number of fused-ring (bicyclic) bond motifs is 1. The number of furan rings is 1. The van der Waals surface area contributed by atoms with E-state index in [2.05, 4.69) is 24.5 Å². The molecule has 0 bridgehead atoms. The molecule has 25 heavy (non-hydrogen) atoms. The summed E-state index contributed by atoms with van der Waals surface area (Å²) in [5, 5.41) is 6.24. The predicted octanol–water partition coefficient (Wildman–Crippen LogP) is 3.48. The van der Waals surface area contributed by atoms with Crippen molar-refractivity contribution < 1.29 is 13.9 Å². The van der Waals surface area contributed by atoms with Gasteiger partial charge in [-0.1, -0.05) is 44.2 Å².